The standard InChI is InChI=1S/C15H22N4O3S/c16-23(21,22)19-11-7-5-10(6-8-11)9-14-12-3-1-2-4-13(12)15(20)18-17-14/h5-8,12-14,17,19H,1-4,9H2,(H,18,20)(H2,16,21,22). The third kappa shape index (κ3) is 4.01. The summed E-state index contributed by atoms with van der Waals surface area (Å²) >= 11 is 0. The Bertz CT molecular complexity index is 674. The summed E-state index contributed by atoms with van der Waals surface area (Å²) in [6.45, 7) is 0. The van der Waals surface area contributed by atoms with Crippen LogP contribution in [-0.4, -0.2) is 20.4 Å². The van der Waals surface area contributed by atoms with E-state index in [1.165, 1.54) is 6.42 Å². The predicted molar refractivity (Wildman–Crippen MR) is 87.4 cm³/mol. The van der Waals surface area contributed by atoms with E-state index in [9.17, 15) is 13.2 Å². The lowest BCUT2D eigenvalue weighted by atomic mass is 9.72. The fourth-order valence-corrected chi connectivity index (χ4v) is 4.12. The molecule has 7 nitrogen and oxygen atoms in total. The van der Waals surface area contributed by atoms with Crippen LogP contribution in [0.3, 0.4) is 0 Å². The summed E-state index contributed by atoms with van der Waals surface area (Å²) in [5.74, 6) is 0.580. The molecule has 0 radical (unpaired) electrons. The van der Waals surface area contributed by atoms with Crippen molar-refractivity contribution in [2.24, 2.45) is 17.0 Å². The molecule has 1 aliphatic carbocycles. The van der Waals surface area contributed by atoms with Crippen molar-refractivity contribution in [2.75, 3.05) is 4.72 Å². The summed E-state index contributed by atoms with van der Waals surface area (Å²) in [7, 11) is -3.75. The number of hydrogen-bond donors (Lipinski definition) is 4. The zero-order valence-corrected chi connectivity index (χ0v) is 13.6. The highest BCUT2D eigenvalue weighted by molar-refractivity contribution is 7.90. The fraction of sp³-hybridized carbons (Fsp3) is 0.533. The number of fused-ring (bicyclic) bond motifs is 1. The number of nitrogens with one attached hydrogen (secondary N) is 3. The Morgan fingerprint density at radius 1 is 1.17 bits per heavy atom. The molecule has 3 atom stereocenters. The van der Waals surface area contributed by atoms with Gasteiger partial charge in [-0.3, -0.25) is 14.9 Å². The van der Waals surface area contributed by atoms with Crippen LogP contribution in [0.1, 0.15) is 31.2 Å². The van der Waals surface area contributed by atoms with E-state index in [4.69, 9.17) is 5.14 Å². The molecular formula is C15H22N4O3S. The molecule has 23 heavy (non-hydrogen) atoms. The lowest BCUT2D eigenvalue weighted by Gasteiger charge is -2.41. The summed E-state index contributed by atoms with van der Waals surface area (Å²) < 4.78 is 24.3. The first-order chi connectivity index (χ1) is 10.9. The van der Waals surface area contributed by atoms with Crippen molar-refractivity contribution >= 4 is 21.8 Å². The van der Waals surface area contributed by atoms with Crippen molar-refractivity contribution in [1.29, 1.82) is 0 Å². The van der Waals surface area contributed by atoms with Gasteiger partial charge in [-0.2, -0.15) is 8.42 Å². The molecule has 8 heteroatoms. The number of rotatable bonds is 4. The Labute approximate surface area is 136 Å². The Morgan fingerprint density at radius 3 is 2.57 bits per heavy atom. The van der Waals surface area contributed by atoms with Crippen molar-refractivity contribution in [3.8, 4) is 0 Å². The van der Waals surface area contributed by atoms with Crippen molar-refractivity contribution in [2.45, 2.75) is 38.1 Å². The van der Waals surface area contributed by atoms with E-state index in [0.29, 0.717) is 11.6 Å². The largest absolute Gasteiger partial charge is 0.296 e. The van der Waals surface area contributed by atoms with Crippen molar-refractivity contribution < 1.29 is 13.2 Å². The number of anilines is 1. The summed E-state index contributed by atoms with van der Waals surface area (Å²) in [5, 5.41) is 4.95. The summed E-state index contributed by atoms with van der Waals surface area (Å²) in [5.41, 5.74) is 7.46. The van der Waals surface area contributed by atoms with E-state index in [1.807, 2.05) is 12.1 Å². The topological polar surface area (TPSA) is 113 Å². The third-order valence-corrected chi connectivity index (χ3v) is 5.24. The summed E-state index contributed by atoms with van der Waals surface area (Å²) in [4.78, 5) is 12.0. The molecule has 1 aliphatic heterocycles. The molecule has 0 spiro atoms. The van der Waals surface area contributed by atoms with Crippen molar-refractivity contribution in [1.82, 2.24) is 10.9 Å². The zero-order chi connectivity index (χ0) is 16.4. The van der Waals surface area contributed by atoms with Crippen LogP contribution in [0.2, 0.25) is 0 Å². The molecule has 3 rings (SSSR count). The highest BCUT2D eigenvalue weighted by atomic mass is 32.2. The number of hydrazine groups is 1. The van der Waals surface area contributed by atoms with Crippen LogP contribution in [0.25, 0.3) is 0 Å². The van der Waals surface area contributed by atoms with E-state index in [-0.39, 0.29) is 17.9 Å². The van der Waals surface area contributed by atoms with Crippen molar-refractivity contribution in [3.05, 3.63) is 29.8 Å². The van der Waals surface area contributed by atoms with Gasteiger partial charge >= 0.3 is 0 Å². The molecule has 0 aromatic heterocycles. The molecule has 0 bridgehead atoms. The minimum atomic E-state index is -3.75. The molecule has 1 saturated carbocycles. The smallest absolute Gasteiger partial charge is 0.291 e. The lowest BCUT2D eigenvalue weighted by Crippen LogP contribution is -2.60. The van der Waals surface area contributed by atoms with Crippen LogP contribution in [0.4, 0.5) is 5.69 Å². The second-order valence-corrected chi connectivity index (χ2v) is 7.64. The van der Waals surface area contributed by atoms with Crippen LogP contribution in [0, 0.1) is 11.8 Å². The minimum Gasteiger partial charge on any atom is -0.291 e. The highest BCUT2D eigenvalue weighted by Gasteiger charge is 2.39. The number of carbonyl (C=O) groups excluding carboxylic acids is 1. The van der Waals surface area contributed by atoms with Gasteiger partial charge < -0.3 is 0 Å². The molecular weight excluding hydrogens is 316 g/mol. The van der Waals surface area contributed by atoms with Crippen molar-refractivity contribution in [3.63, 3.8) is 0 Å². The Kier molecular flexibility index (Phi) is 4.56. The van der Waals surface area contributed by atoms with E-state index < -0.39 is 10.2 Å². The van der Waals surface area contributed by atoms with Gasteiger partial charge in [-0.25, -0.2) is 10.6 Å². The lowest BCUT2D eigenvalue weighted by molar-refractivity contribution is -0.133. The maximum Gasteiger partial charge on any atom is 0.296 e. The zero-order valence-electron chi connectivity index (χ0n) is 12.8. The van der Waals surface area contributed by atoms with Gasteiger partial charge in [-0.05, 0) is 42.9 Å². The second kappa shape index (κ2) is 6.46. The van der Waals surface area contributed by atoms with Gasteiger partial charge in [0.1, 0.15) is 0 Å². The SMILES string of the molecule is NS(=O)(=O)Nc1ccc(CC2NNC(=O)C3CCCCC23)cc1. The van der Waals surface area contributed by atoms with E-state index in [2.05, 4.69) is 15.6 Å². The summed E-state index contributed by atoms with van der Waals surface area (Å²) in [6.07, 6.45) is 5.11. The van der Waals surface area contributed by atoms with Gasteiger partial charge in [0.15, 0.2) is 0 Å². The quantitative estimate of drug-likeness (QED) is 0.645. The number of nitrogens with two attached hydrogens (primary N) is 1. The number of benzene rings is 1. The van der Waals surface area contributed by atoms with Gasteiger partial charge in [0.25, 0.3) is 10.2 Å². The molecule has 1 amide bonds. The predicted octanol–water partition coefficient (Wildman–Crippen LogP) is 0.654. The first-order valence-electron chi connectivity index (χ1n) is 7.87. The van der Waals surface area contributed by atoms with Crippen LogP contribution in [-0.2, 0) is 21.4 Å². The molecule has 1 aromatic rings. The molecule has 3 unspecified atom stereocenters. The number of hydrogen-bond acceptors (Lipinski definition) is 4. The summed E-state index contributed by atoms with van der Waals surface area (Å²) in [6, 6.07) is 7.35. The molecule has 1 saturated heterocycles. The van der Waals surface area contributed by atoms with Crippen LogP contribution in [0.15, 0.2) is 24.3 Å². The Hall–Kier alpha value is -1.64. The normalized spacial score (nSPS) is 27.9. The maximum absolute atomic E-state index is 12.0. The maximum atomic E-state index is 12.0. The Morgan fingerprint density at radius 2 is 1.87 bits per heavy atom. The molecule has 2 fully saturated rings. The fourth-order valence-electron chi connectivity index (χ4n) is 3.66. The second-order valence-electron chi connectivity index (χ2n) is 6.34. The molecule has 126 valence electrons. The van der Waals surface area contributed by atoms with E-state index in [1.54, 1.807) is 12.1 Å². The minimum absolute atomic E-state index is 0.110. The monoisotopic (exact) mass is 338 g/mol. The highest BCUT2D eigenvalue weighted by Crippen LogP contribution is 2.35. The number of carbonyl (C=O) groups is 1. The molecule has 1 aromatic carbocycles. The third-order valence-electron chi connectivity index (χ3n) is 4.72. The first kappa shape index (κ1) is 16.2. The van der Waals surface area contributed by atoms with Crippen LogP contribution < -0.4 is 20.7 Å². The van der Waals surface area contributed by atoms with Gasteiger partial charge in [0.05, 0.1) is 0 Å². The average molecular weight is 338 g/mol. The Balaban J connectivity index is 1.67. The van der Waals surface area contributed by atoms with Gasteiger partial charge in [0, 0.05) is 17.6 Å². The number of amides is 1. The van der Waals surface area contributed by atoms with Gasteiger partial charge in [-0.1, -0.05) is 25.0 Å². The van der Waals surface area contributed by atoms with Crippen LogP contribution >= 0.6 is 0 Å². The van der Waals surface area contributed by atoms with Gasteiger partial charge in [0.2, 0.25) is 5.91 Å². The average Bonchev–Trinajstić information content (AvgIpc) is 2.51. The molecule has 5 N–H and O–H groups in total. The first-order valence-corrected chi connectivity index (χ1v) is 9.42. The van der Waals surface area contributed by atoms with Gasteiger partial charge in [-0.15, -0.1) is 0 Å². The molecule has 2 aliphatic rings. The van der Waals surface area contributed by atoms with E-state index in [0.717, 1.165) is 31.2 Å². The molecule has 1 heterocycles. The van der Waals surface area contributed by atoms with E-state index >= 15 is 0 Å². The van der Waals surface area contributed by atoms with Crippen LogP contribution in [0.5, 0.6) is 0 Å².